The van der Waals surface area contributed by atoms with E-state index < -0.39 is 0 Å². The Morgan fingerprint density at radius 2 is 0.958 bits per heavy atom. The predicted octanol–water partition coefficient (Wildman–Crippen LogP) is 10.6. The average Bonchev–Trinajstić information content (AvgIpc) is 3.68. The van der Waals surface area contributed by atoms with E-state index >= 15 is 0 Å². The molecular formula is C43H27N5. The molecule has 0 unspecified atom stereocenters. The van der Waals surface area contributed by atoms with Crippen LogP contribution in [-0.4, -0.2) is 24.1 Å². The van der Waals surface area contributed by atoms with Gasteiger partial charge in [0.15, 0.2) is 11.6 Å². The number of nitrogens with zero attached hydrogens (tertiary/aromatic N) is 5. The Hall–Kier alpha value is -6.59. The van der Waals surface area contributed by atoms with Crippen molar-refractivity contribution in [3.63, 3.8) is 0 Å². The van der Waals surface area contributed by atoms with Gasteiger partial charge in [0, 0.05) is 38.4 Å². The monoisotopic (exact) mass is 613 g/mol. The van der Waals surface area contributed by atoms with Gasteiger partial charge in [-0.15, -0.1) is 0 Å². The number of benzene rings is 7. The third-order valence-electron chi connectivity index (χ3n) is 9.36. The van der Waals surface area contributed by atoms with Gasteiger partial charge >= 0.3 is 0 Å². The molecule has 0 amide bonds. The molecule has 0 saturated heterocycles. The van der Waals surface area contributed by atoms with Crippen molar-refractivity contribution in [1.29, 1.82) is 0 Å². The lowest BCUT2D eigenvalue weighted by atomic mass is 10.0. The molecule has 0 N–H and O–H groups in total. The van der Waals surface area contributed by atoms with Gasteiger partial charge in [0.1, 0.15) is 0 Å². The molecule has 10 rings (SSSR count). The van der Waals surface area contributed by atoms with Crippen molar-refractivity contribution >= 4 is 54.4 Å². The van der Waals surface area contributed by atoms with Gasteiger partial charge in [0.25, 0.3) is 0 Å². The van der Waals surface area contributed by atoms with Crippen LogP contribution in [0.3, 0.4) is 0 Å². The fraction of sp³-hybridized carbons (Fsp3) is 0. The summed E-state index contributed by atoms with van der Waals surface area (Å²) >= 11 is 0. The van der Waals surface area contributed by atoms with Crippen molar-refractivity contribution in [3.8, 4) is 34.4 Å². The van der Waals surface area contributed by atoms with Gasteiger partial charge in [-0.25, -0.2) is 4.98 Å². The molecule has 5 nitrogen and oxygen atoms in total. The number of fused-ring (bicyclic) bond motifs is 8. The molecule has 3 aromatic heterocycles. The second kappa shape index (κ2) is 10.5. The van der Waals surface area contributed by atoms with Gasteiger partial charge in [-0.1, -0.05) is 127 Å². The molecule has 48 heavy (non-hydrogen) atoms. The summed E-state index contributed by atoms with van der Waals surface area (Å²) in [5, 5.41) is 7.17. The van der Waals surface area contributed by atoms with Crippen molar-refractivity contribution < 1.29 is 0 Å². The number of hydrogen-bond donors (Lipinski definition) is 0. The van der Waals surface area contributed by atoms with Crippen LogP contribution in [0.25, 0.3) is 88.8 Å². The highest BCUT2D eigenvalue weighted by molar-refractivity contribution is 6.21. The van der Waals surface area contributed by atoms with Crippen LogP contribution in [0, 0.1) is 0 Å². The molecule has 0 saturated carbocycles. The summed E-state index contributed by atoms with van der Waals surface area (Å²) in [5.74, 6) is 1.84. The summed E-state index contributed by atoms with van der Waals surface area (Å²) in [5.41, 5.74) is 7.36. The summed E-state index contributed by atoms with van der Waals surface area (Å²) in [7, 11) is 0. The van der Waals surface area contributed by atoms with E-state index in [0.29, 0.717) is 17.6 Å². The first-order chi connectivity index (χ1) is 23.8. The van der Waals surface area contributed by atoms with E-state index in [9.17, 15) is 0 Å². The topological polar surface area (TPSA) is 48.5 Å². The minimum atomic E-state index is 0.587. The Labute approximate surface area is 276 Å². The van der Waals surface area contributed by atoms with Crippen molar-refractivity contribution in [2.24, 2.45) is 0 Å². The maximum Gasteiger partial charge on any atom is 0.238 e. The maximum atomic E-state index is 5.25. The van der Waals surface area contributed by atoms with E-state index in [1.807, 2.05) is 18.2 Å². The van der Waals surface area contributed by atoms with E-state index in [-0.39, 0.29) is 0 Å². The van der Waals surface area contributed by atoms with Gasteiger partial charge in [0.05, 0.1) is 22.1 Å². The van der Waals surface area contributed by atoms with Crippen LogP contribution in [0.15, 0.2) is 164 Å². The largest absolute Gasteiger partial charge is 0.309 e. The zero-order valence-electron chi connectivity index (χ0n) is 25.8. The Morgan fingerprint density at radius 1 is 0.354 bits per heavy atom. The molecule has 10 aromatic rings. The van der Waals surface area contributed by atoms with Crippen molar-refractivity contribution in [2.75, 3.05) is 0 Å². The lowest BCUT2D eigenvalue weighted by Crippen LogP contribution is -2.06. The molecule has 0 spiro atoms. The summed E-state index contributed by atoms with van der Waals surface area (Å²) in [6, 6.07) is 57.3. The van der Waals surface area contributed by atoms with Crippen LogP contribution >= 0.6 is 0 Å². The van der Waals surface area contributed by atoms with E-state index in [0.717, 1.165) is 38.9 Å². The van der Waals surface area contributed by atoms with Crippen LogP contribution in [0.5, 0.6) is 0 Å². The number of rotatable bonds is 4. The summed E-state index contributed by atoms with van der Waals surface area (Å²) in [6.07, 6.45) is 0. The third-order valence-corrected chi connectivity index (χ3v) is 9.36. The highest BCUT2D eigenvalue weighted by Gasteiger charge is 2.20. The molecule has 0 fully saturated rings. The summed E-state index contributed by atoms with van der Waals surface area (Å²) in [6.45, 7) is 0. The Kier molecular flexibility index (Phi) is 5.81. The first kappa shape index (κ1) is 26.6. The lowest BCUT2D eigenvalue weighted by molar-refractivity contribution is 0.953. The van der Waals surface area contributed by atoms with Crippen LogP contribution in [-0.2, 0) is 0 Å². The van der Waals surface area contributed by atoms with Crippen molar-refractivity contribution in [1.82, 2.24) is 24.1 Å². The molecule has 0 aliphatic rings. The molecule has 224 valence electrons. The zero-order chi connectivity index (χ0) is 31.6. The molecule has 0 aliphatic heterocycles. The minimum absolute atomic E-state index is 0.587. The summed E-state index contributed by atoms with van der Waals surface area (Å²) in [4.78, 5) is 15.5. The van der Waals surface area contributed by atoms with Crippen LogP contribution in [0.2, 0.25) is 0 Å². The minimum Gasteiger partial charge on any atom is -0.309 e. The van der Waals surface area contributed by atoms with Gasteiger partial charge in [-0.3, -0.25) is 4.57 Å². The first-order valence-corrected chi connectivity index (χ1v) is 16.1. The summed E-state index contributed by atoms with van der Waals surface area (Å²) < 4.78 is 4.51. The van der Waals surface area contributed by atoms with E-state index in [1.165, 1.54) is 32.3 Å². The standard InChI is InChI=1S/C43H27N5/c1-3-14-29(15-4-1)41-44-42(30-23-25-34-33-19-9-11-21-36(33)47(39(34)27-30)31-16-5-2-6-17-31)46-43(45-41)48-37-22-12-10-20-35(37)40-32-18-8-7-13-28(32)24-26-38(40)48/h1-27H. The highest BCUT2D eigenvalue weighted by atomic mass is 15.2. The Morgan fingerprint density at radius 3 is 1.75 bits per heavy atom. The number of hydrogen-bond acceptors (Lipinski definition) is 3. The fourth-order valence-corrected chi connectivity index (χ4v) is 7.23. The van der Waals surface area contributed by atoms with E-state index in [2.05, 4.69) is 155 Å². The van der Waals surface area contributed by atoms with Crippen molar-refractivity contribution in [3.05, 3.63) is 164 Å². The fourth-order valence-electron chi connectivity index (χ4n) is 7.23. The second-order valence-corrected chi connectivity index (χ2v) is 12.1. The first-order valence-electron chi connectivity index (χ1n) is 16.1. The van der Waals surface area contributed by atoms with Crippen LogP contribution < -0.4 is 0 Å². The molecule has 0 radical (unpaired) electrons. The Bertz CT molecular complexity index is 2830. The van der Waals surface area contributed by atoms with Gasteiger partial charge in [0.2, 0.25) is 5.95 Å². The molecule has 5 heteroatoms. The molecule has 0 bridgehead atoms. The number of aromatic nitrogens is 5. The normalized spacial score (nSPS) is 11.8. The predicted molar refractivity (Wildman–Crippen MR) is 197 cm³/mol. The lowest BCUT2D eigenvalue weighted by Gasteiger charge is -2.12. The molecule has 0 atom stereocenters. The second-order valence-electron chi connectivity index (χ2n) is 12.1. The number of para-hydroxylation sites is 3. The maximum absolute atomic E-state index is 5.25. The van der Waals surface area contributed by atoms with Gasteiger partial charge in [-0.2, -0.15) is 9.97 Å². The zero-order valence-corrected chi connectivity index (χ0v) is 25.8. The van der Waals surface area contributed by atoms with Crippen molar-refractivity contribution in [2.45, 2.75) is 0 Å². The Balaban J connectivity index is 1.27. The quantitative estimate of drug-likeness (QED) is 0.198. The van der Waals surface area contributed by atoms with Gasteiger partial charge in [-0.05, 0) is 47.2 Å². The van der Waals surface area contributed by atoms with Crippen LogP contribution in [0.1, 0.15) is 0 Å². The molecule has 7 aromatic carbocycles. The van der Waals surface area contributed by atoms with Crippen LogP contribution in [0.4, 0.5) is 0 Å². The average molecular weight is 614 g/mol. The molecule has 0 aliphatic carbocycles. The smallest absolute Gasteiger partial charge is 0.238 e. The third kappa shape index (κ3) is 4.01. The SMILES string of the molecule is c1ccc(-c2nc(-c3ccc4c5ccccc5n(-c5ccccc5)c4c3)nc(-n3c4ccccc4c4c5ccccc5ccc43)n2)cc1. The van der Waals surface area contributed by atoms with E-state index in [4.69, 9.17) is 15.0 Å². The van der Waals surface area contributed by atoms with Gasteiger partial charge < -0.3 is 4.57 Å². The molecule has 3 heterocycles. The molecular weight excluding hydrogens is 587 g/mol. The van der Waals surface area contributed by atoms with E-state index in [1.54, 1.807) is 0 Å². The highest BCUT2D eigenvalue weighted by Crippen LogP contribution is 2.38.